The fourth-order valence-electron chi connectivity index (χ4n) is 3.59. The number of nitrogens with one attached hydrogen (secondary N) is 1. The van der Waals surface area contributed by atoms with E-state index in [1.165, 1.54) is 17.4 Å². The van der Waals surface area contributed by atoms with Crippen molar-refractivity contribution in [1.82, 2.24) is 4.98 Å². The van der Waals surface area contributed by atoms with Crippen LogP contribution in [0.4, 0.5) is 11.4 Å². The third kappa shape index (κ3) is 4.65. The predicted octanol–water partition coefficient (Wildman–Crippen LogP) is 4.94. The Morgan fingerprint density at radius 2 is 1.88 bits per heavy atom. The molecule has 0 spiro atoms. The molecule has 0 bridgehead atoms. The van der Waals surface area contributed by atoms with Crippen LogP contribution >= 0.6 is 11.3 Å². The van der Waals surface area contributed by atoms with Gasteiger partial charge in [0.25, 0.3) is 5.91 Å². The summed E-state index contributed by atoms with van der Waals surface area (Å²) in [7, 11) is 0. The number of morpholine rings is 1. The number of thiazole rings is 1. The first-order chi connectivity index (χ1) is 16.2. The first kappa shape index (κ1) is 20.9. The van der Waals surface area contributed by atoms with Crippen LogP contribution in [-0.4, -0.2) is 37.2 Å². The molecular weight excluding hydrogens is 436 g/mol. The van der Waals surface area contributed by atoms with Crippen molar-refractivity contribution in [1.29, 1.82) is 5.26 Å². The Morgan fingerprint density at radius 3 is 2.64 bits per heavy atom. The zero-order valence-electron chi connectivity index (χ0n) is 17.7. The monoisotopic (exact) mass is 456 g/mol. The molecule has 2 aromatic heterocycles. The Balaban J connectivity index is 1.29. The fourth-order valence-corrected chi connectivity index (χ4v) is 4.52. The summed E-state index contributed by atoms with van der Waals surface area (Å²) in [6, 6.07) is 20.9. The number of amides is 1. The number of ether oxygens (including phenoxy) is 1. The van der Waals surface area contributed by atoms with E-state index >= 15 is 0 Å². The molecule has 8 heteroatoms. The van der Waals surface area contributed by atoms with Gasteiger partial charge in [0.15, 0.2) is 10.8 Å². The Bertz CT molecular complexity index is 1330. The molecule has 4 aromatic rings. The predicted molar refractivity (Wildman–Crippen MR) is 129 cm³/mol. The van der Waals surface area contributed by atoms with E-state index in [0.29, 0.717) is 30.4 Å². The Kier molecular flexibility index (Phi) is 5.89. The number of hydrogen-bond acceptors (Lipinski definition) is 7. The average Bonchev–Trinajstić information content (AvgIpc) is 3.50. The molecular formula is C25H20N4O3S. The highest BCUT2D eigenvalue weighted by molar-refractivity contribution is 7.21. The van der Waals surface area contributed by atoms with Gasteiger partial charge < -0.3 is 19.4 Å². The van der Waals surface area contributed by atoms with Crippen LogP contribution < -0.4 is 10.2 Å². The minimum absolute atomic E-state index is 0.0440. The van der Waals surface area contributed by atoms with Crippen molar-refractivity contribution in [3.63, 3.8) is 0 Å². The minimum Gasteiger partial charge on any atom is -0.454 e. The smallest absolute Gasteiger partial charge is 0.266 e. The molecule has 3 heterocycles. The molecule has 1 fully saturated rings. The minimum atomic E-state index is -0.491. The van der Waals surface area contributed by atoms with Crippen molar-refractivity contribution in [3.8, 4) is 16.8 Å². The number of hydrogen-bond donors (Lipinski definition) is 1. The van der Waals surface area contributed by atoms with Crippen molar-refractivity contribution in [2.75, 3.05) is 36.5 Å². The van der Waals surface area contributed by atoms with Gasteiger partial charge in [-0.2, -0.15) is 5.26 Å². The van der Waals surface area contributed by atoms with Crippen LogP contribution in [0.15, 0.2) is 70.7 Å². The molecule has 0 unspecified atom stereocenters. The molecule has 0 aliphatic carbocycles. The number of nitrogens with zero attached hydrogens (tertiary/aromatic N) is 3. The van der Waals surface area contributed by atoms with Gasteiger partial charge in [-0.3, -0.25) is 4.79 Å². The van der Waals surface area contributed by atoms with Gasteiger partial charge in [0, 0.05) is 30.5 Å². The number of nitriles is 1. The molecule has 1 N–H and O–H groups in total. The van der Waals surface area contributed by atoms with Gasteiger partial charge >= 0.3 is 0 Å². The van der Waals surface area contributed by atoms with Gasteiger partial charge in [-0.15, -0.1) is 11.3 Å². The Hall–Kier alpha value is -3.93. The maximum absolute atomic E-state index is 12.6. The number of rotatable bonds is 5. The van der Waals surface area contributed by atoms with Crippen LogP contribution in [0, 0.1) is 11.3 Å². The van der Waals surface area contributed by atoms with Crippen LogP contribution in [0.5, 0.6) is 0 Å². The Morgan fingerprint density at radius 1 is 1.09 bits per heavy atom. The number of furan rings is 1. The highest BCUT2D eigenvalue weighted by Crippen LogP contribution is 2.31. The molecule has 7 nitrogen and oxygen atoms in total. The summed E-state index contributed by atoms with van der Waals surface area (Å²) in [5.74, 6) is 0.520. The number of aromatic nitrogens is 1. The Labute approximate surface area is 194 Å². The summed E-state index contributed by atoms with van der Waals surface area (Å²) in [5, 5.41) is 13.0. The maximum atomic E-state index is 12.6. The summed E-state index contributed by atoms with van der Waals surface area (Å²) >= 11 is 1.53. The third-order valence-electron chi connectivity index (χ3n) is 5.28. The molecule has 1 amide bonds. The van der Waals surface area contributed by atoms with Gasteiger partial charge in [-0.1, -0.05) is 12.1 Å². The second-order valence-corrected chi connectivity index (χ2v) is 8.49. The quantitative estimate of drug-likeness (QED) is 0.338. The van der Waals surface area contributed by atoms with Crippen LogP contribution in [-0.2, 0) is 9.53 Å². The molecule has 33 heavy (non-hydrogen) atoms. The summed E-state index contributed by atoms with van der Waals surface area (Å²) in [6.07, 6.45) is 1.44. The van der Waals surface area contributed by atoms with Gasteiger partial charge in [0.2, 0.25) is 0 Å². The lowest BCUT2D eigenvalue weighted by atomic mass is 10.2. The van der Waals surface area contributed by atoms with Crippen molar-refractivity contribution in [2.45, 2.75) is 0 Å². The second kappa shape index (κ2) is 9.28. The lowest BCUT2D eigenvalue weighted by molar-refractivity contribution is -0.112. The summed E-state index contributed by atoms with van der Waals surface area (Å²) in [6.45, 7) is 3.11. The van der Waals surface area contributed by atoms with E-state index in [-0.39, 0.29) is 5.57 Å². The number of anilines is 2. The number of carbonyl (C=O) groups is 1. The van der Waals surface area contributed by atoms with E-state index in [1.807, 2.05) is 54.6 Å². The standard InChI is InChI=1S/C25H20N4O3S/c26-16-17(24(30)27-18-5-7-19(8-6-18)29-11-13-31-14-12-29)15-20-9-10-22(32-20)25-28-21-3-1-2-4-23(21)33-25/h1-10,15H,11-14H2,(H,27,30)/b17-15+. The average molecular weight is 457 g/mol. The SMILES string of the molecule is N#C/C(=C\c1ccc(-c2nc3ccccc3s2)o1)C(=O)Nc1ccc(N2CCOCC2)cc1. The number of benzene rings is 2. The normalized spacial score (nSPS) is 14.3. The highest BCUT2D eigenvalue weighted by Gasteiger charge is 2.15. The third-order valence-corrected chi connectivity index (χ3v) is 6.34. The van der Waals surface area contributed by atoms with Gasteiger partial charge in [-0.25, -0.2) is 4.98 Å². The zero-order chi connectivity index (χ0) is 22.6. The molecule has 0 radical (unpaired) electrons. The number of para-hydroxylation sites is 1. The van der Waals surface area contributed by atoms with Gasteiger partial charge in [0.1, 0.15) is 17.4 Å². The molecule has 0 atom stereocenters. The summed E-state index contributed by atoms with van der Waals surface area (Å²) < 4.78 is 12.3. The van der Waals surface area contributed by atoms with Crippen molar-refractivity contribution < 1.29 is 13.9 Å². The second-order valence-electron chi connectivity index (χ2n) is 7.46. The number of fused-ring (bicyclic) bond motifs is 1. The van der Waals surface area contributed by atoms with Gasteiger partial charge in [0.05, 0.1) is 23.4 Å². The summed E-state index contributed by atoms with van der Waals surface area (Å²) in [5.41, 5.74) is 2.55. The van der Waals surface area contributed by atoms with Crippen molar-refractivity contribution in [2.24, 2.45) is 0 Å². The molecule has 2 aromatic carbocycles. The lowest BCUT2D eigenvalue weighted by Crippen LogP contribution is -2.36. The van der Waals surface area contributed by atoms with E-state index < -0.39 is 5.91 Å². The van der Waals surface area contributed by atoms with Crippen LogP contribution in [0.2, 0.25) is 0 Å². The maximum Gasteiger partial charge on any atom is 0.266 e. The van der Waals surface area contributed by atoms with E-state index in [2.05, 4.69) is 15.2 Å². The van der Waals surface area contributed by atoms with E-state index in [1.54, 1.807) is 12.1 Å². The first-order valence-electron chi connectivity index (χ1n) is 10.5. The lowest BCUT2D eigenvalue weighted by Gasteiger charge is -2.28. The molecule has 1 aliphatic heterocycles. The van der Waals surface area contributed by atoms with E-state index in [0.717, 1.165) is 34.0 Å². The van der Waals surface area contributed by atoms with Crippen molar-refractivity contribution in [3.05, 3.63) is 72.0 Å². The molecule has 5 rings (SSSR count). The molecule has 1 aliphatic rings. The fraction of sp³-hybridized carbons (Fsp3) is 0.160. The van der Waals surface area contributed by atoms with E-state index in [4.69, 9.17) is 9.15 Å². The summed E-state index contributed by atoms with van der Waals surface area (Å²) in [4.78, 5) is 19.5. The zero-order valence-corrected chi connectivity index (χ0v) is 18.5. The molecule has 164 valence electrons. The first-order valence-corrected chi connectivity index (χ1v) is 11.3. The largest absolute Gasteiger partial charge is 0.454 e. The van der Waals surface area contributed by atoms with Gasteiger partial charge in [-0.05, 0) is 48.5 Å². The van der Waals surface area contributed by atoms with Crippen LogP contribution in [0.3, 0.4) is 0 Å². The van der Waals surface area contributed by atoms with Crippen molar-refractivity contribution >= 4 is 44.9 Å². The molecule has 1 saturated heterocycles. The van der Waals surface area contributed by atoms with Crippen LogP contribution in [0.25, 0.3) is 27.1 Å². The highest BCUT2D eigenvalue weighted by atomic mass is 32.1. The molecule has 0 saturated carbocycles. The number of carbonyl (C=O) groups excluding carboxylic acids is 1. The van der Waals surface area contributed by atoms with E-state index in [9.17, 15) is 10.1 Å². The topological polar surface area (TPSA) is 91.4 Å². The van der Waals surface area contributed by atoms with Crippen LogP contribution in [0.1, 0.15) is 5.76 Å².